The zero-order valence-electron chi connectivity index (χ0n) is 8.52. The van der Waals surface area contributed by atoms with Crippen molar-refractivity contribution >= 4 is 29.7 Å². The molecular weight excluding hydrogens is 220 g/mol. The van der Waals surface area contributed by atoms with Gasteiger partial charge >= 0.3 is 12.0 Å². The molecule has 0 aliphatic rings. The van der Waals surface area contributed by atoms with Crippen molar-refractivity contribution in [2.75, 3.05) is 5.75 Å². The summed E-state index contributed by atoms with van der Waals surface area (Å²) in [7, 11) is 0. The van der Waals surface area contributed by atoms with Gasteiger partial charge in [-0.05, 0) is 5.92 Å². The van der Waals surface area contributed by atoms with E-state index in [9.17, 15) is 14.4 Å². The van der Waals surface area contributed by atoms with E-state index in [0.29, 0.717) is 0 Å². The highest BCUT2D eigenvalue weighted by molar-refractivity contribution is 8.01. The molecule has 1 atom stereocenters. The second-order valence-corrected chi connectivity index (χ2v) is 4.36. The molecule has 7 heteroatoms. The third-order valence-electron chi connectivity index (χ3n) is 1.51. The van der Waals surface area contributed by atoms with Gasteiger partial charge in [0.1, 0.15) is 5.25 Å². The number of aliphatic carboxylic acids is 1. The van der Waals surface area contributed by atoms with Gasteiger partial charge in [0.05, 0.1) is 5.75 Å². The summed E-state index contributed by atoms with van der Waals surface area (Å²) < 4.78 is 0. The summed E-state index contributed by atoms with van der Waals surface area (Å²) in [5.74, 6) is -1.74. The molecule has 0 saturated heterocycles. The maximum Gasteiger partial charge on any atom is 0.318 e. The van der Waals surface area contributed by atoms with Gasteiger partial charge in [-0.3, -0.25) is 14.9 Å². The van der Waals surface area contributed by atoms with Crippen molar-refractivity contribution in [3.05, 3.63) is 0 Å². The third-order valence-corrected chi connectivity index (χ3v) is 3.04. The molecular formula is C8H14N2O4S. The highest BCUT2D eigenvalue weighted by atomic mass is 32.2. The van der Waals surface area contributed by atoms with Crippen LogP contribution in [0.5, 0.6) is 0 Å². The zero-order chi connectivity index (χ0) is 12.0. The van der Waals surface area contributed by atoms with Crippen LogP contribution in [-0.2, 0) is 9.59 Å². The van der Waals surface area contributed by atoms with Crippen molar-refractivity contribution in [3.63, 3.8) is 0 Å². The first-order valence-corrected chi connectivity index (χ1v) is 5.33. The smallest absolute Gasteiger partial charge is 0.318 e. The molecule has 0 aromatic heterocycles. The van der Waals surface area contributed by atoms with Gasteiger partial charge in [0, 0.05) is 0 Å². The van der Waals surface area contributed by atoms with E-state index < -0.39 is 23.2 Å². The van der Waals surface area contributed by atoms with Crippen LogP contribution < -0.4 is 11.1 Å². The minimum atomic E-state index is -0.970. The molecule has 0 aromatic carbocycles. The Morgan fingerprint density at radius 2 is 1.93 bits per heavy atom. The molecule has 15 heavy (non-hydrogen) atoms. The van der Waals surface area contributed by atoms with Crippen LogP contribution in [0.3, 0.4) is 0 Å². The average molecular weight is 234 g/mol. The van der Waals surface area contributed by atoms with E-state index in [1.54, 1.807) is 13.8 Å². The standard InChI is InChI=1S/C8H14N2O4S/c1-4(2)6(7(12)13)15-3-5(11)10-8(9)14/h4,6H,3H2,1-2H3,(H,12,13)(H3,9,10,11,14). The third kappa shape index (κ3) is 5.95. The maximum atomic E-state index is 11.0. The summed E-state index contributed by atoms with van der Waals surface area (Å²) in [6, 6.07) is -0.933. The molecule has 86 valence electrons. The van der Waals surface area contributed by atoms with Crippen molar-refractivity contribution in [1.29, 1.82) is 0 Å². The van der Waals surface area contributed by atoms with Crippen LogP contribution in [-0.4, -0.2) is 34.0 Å². The quantitative estimate of drug-likeness (QED) is 0.621. The summed E-state index contributed by atoms with van der Waals surface area (Å²) in [5, 5.41) is 9.99. The molecule has 3 amide bonds. The molecule has 1 unspecified atom stereocenters. The molecule has 0 radical (unpaired) electrons. The minimum Gasteiger partial charge on any atom is -0.480 e. The molecule has 0 spiro atoms. The zero-order valence-corrected chi connectivity index (χ0v) is 9.34. The molecule has 0 rings (SSSR count). The summed E-state index contributed by atoms with van der Waals surface area (Å²) >= 11 is 0.968. The summed E-state index contributed by atoms with van der Waals surface area (Å²) in [6.07, 6.45) is 0. The number of imide groups is 1. The van der Waals surface area contributed by atoms with Crippen LogP contribution in [0.2, 0.25) is 0 Å². The number of carbonyl (C=O) groups excluding carboxylic acids is 2. The molecule has 0 aromatic rings. The van der Waals surface area contributed by atoms with E-state index in [-0.39, 0.29) is 11.7 Å². The van der Waals surface area contributed by atoms with Crippen LogP contribution in [0, 0.1) is 5.92 Å². The number of rotatable bonds is 5. The Labute approximate surface area is 91.6 Å². The van der Waals surface area contributed by atoms with Crippen LogP contribution in [0.4, 0.5) is 4.79 Å². The highest BCUT2D eigenvalue weighted by Crippen LogP contribution is 2.19. The van der Waals surface area contributed by atoms with Crippen molar-refractivity contribution in [2.24, 2.45) is 11.7 Å². The van der Waals surface area contributed by atoms with Crippen molar-refractivity contribution in [1.82, 2.24) is 5.32 Å². The van der Waals surface area contributed by atoms with E-state index in [0.717, 1.165) is 11.8 Å². The maximum absolute atomic E-state index is 11.0. The Balaban J connectivity index is 4.06. The lowest BCUT2D eigenvalue weighted by molar-refractivity contribution is -0.137. The number of hydrogen-bond donors (Lipinski definition) is 3. The number of primary amides is 1. The van der Waals surface area contributed by atoms with Gasteiger partial charge in [0.15, 0.2) is 0 Å². The largest absolute Gasteiger partial charge is 0.480 e. The first kappa shape index (κ1) is 13.8. The predicted octanol–water partition coefficient (Wildman–Crippen LogP) is 0.0237. The first-order valence-electron chi connectivity index (χ1n) is 4.28. The number of thioether (sulfide) groups is 1. The second-order valence-electron chi connectivity index (χ2n) is 3.23. The SMILES string of the molecule is CC(C)C(SCC(=O)NC(N)=O)C(=O)O. The van der Waals surface area contributed by atoms with Gasteiger partial charge in [-0.1, -0.05) is 13.8 Å². The van der Waals surface area contributed by atoms with Gasteiger partial charge in [-0.25, -0.2) is 4.79 Å². The molecule has 6 nitrogen and oxygen atoms in total. The van der Waals surface area contributed by atoms with E-state index in [1.807, 2.05) is 5.32 Å². The molecule has 0 aliphatic carbocycles. The van der Waals surface area contributed by atoms with Gasteiger partial charge in [-0.2, -0.15) is 0 Å². The van der Waals surface area contributed by atoms with Crippen molar-refractivity contribution in [3.8, 4) is 0 Å². The Morgan fingerprint density at radius 1 is 1.40 bits per heavy atom. The van der Waals surface area contributed by atoms with E-state index in [1.165, 1.54) is 0 Å². The van der Waals surface area contributed by atoms with Crippen LogP contribution in [0.1, 0.15) is 13.8 Å². The minimum absolute atomic E-state index is 0.0890. The van der Waals surface area contributed by atoms with Crippen molar-refractivity contribution < 1.29 is 19.5 Å². The second kappa shape index (κ2) is 6.28. The summed E-state index contributed by atoms with van der Waals surface area (Å²) in [6.45, 7) is 3.50. The number of carboxylic acid groups (broad SMARTS) is 1. The molecule has 0 aliphatic heterocycles. The van der Waals surface area contributed by atoms with Crippen molar-refractivity contribution in [2.45, 2.75) is 19.1 Å². The lowest BCUT2D eigenvalue weighted by Gasteiger charge is -2.14. The van der Waals surface area contributed by atoms with Gasteiger partial charge in [-0.15, -0.1) is 11.8 Å². The fraction of sp³-hybridized carbons (Fsp3) is 0.625. The molecule has 0 heterocycles. The number of carbonyl (C=O) groups is 3. The Morgan fingerprint density at radius 3 is 2.27 bits per heavy atom. The van der Waals surface area contributed by atoms with Crippen LogP contribution >= 0.6 is 11.8 Å². The van der Waals surface area contributed by atoms with Gasteiger partial charge in [0.25, 0.3) is 0 Å². The van der Waals surface area contributed by atoms with E-state index >= 15 is 0 Å². The Hall–Kier alpha value is -1.24. The molecule has 4 N–H and O–H groups in total. The summed E-state index contributed by atoms with van der Waals surface area (Å²) in [5.41, 5.74) is 4.72. The van der Waals surface area contributed by atoms with E-state index in [4.69, 9.17) is 10.8 Å². The number of hydrogen-bond acceptors (Lipinski definition) is 4. The Kier molecular flexibility index (Phi) is 5.76. The van der Waals surface area contributed by atoms with Crippen LogP contribution in [0.15, 0.2) is 0 Å². The van der Waals surface area contributed by atoms with Gasteiger partial charge < -0.3 is 10.8 Å². The molecule has 0 saturated carbocycles. The number of amides is 3. The average Bonchev–Trinajstić information content (AvgIpc) is 2.00. The van der Waals surface area contributed by atoms with Gasteiger partial charge in [0.2, 0.25) is 5.91 Å². The fourth-order valence-corrected chi connectivity index (χ4v) is 1.82. The number of nitrogens with one attached hydrogen (secondary N) is 1. The lowest BCUT2D eigenvalue weighted by atomic mass is 10.1. The topological polar surface area (TPSA) is 109 Å². The highest BCUT2D eigenvalue weighted by Gasteiger charge is 2.22. The number of nitrogens with two attached hydrogens (primary N) is 1. The lowest BCUT2D eigenvalue weighted by Crippen LogP contribution is -2.37. The number of carboxylic acids is 1. The number of urea groups is 1. The first-order chi connectivity index (χ1) is 6.84. The van der Waals surface area contributed by atoms with Crippen LogP contribution in [0.25, 0.3) is 0 Å². The van der Waals surface area contributed by atoms with E-state index in [2.05, 4.69) is 0 Å². The predicted molar refractivity (Wildman–Crippen MR) is 56.4 cm³/mol. The monoisotopic (exact) mass is 234 g/mol. The molecule has 0 bridgehead atoms. The Bertz CT molecular complexity index is 267. The fourth-order valence-electron chi connectivity index (χ4n) is 0.888. The molecule has 0 fully saturated rings. The normalized spacial score (nSPS) is 12.2. The summed E-state index contributed by atoms with van der Waals surface area (Å²) in [4.78, 5) is 32.0.